The molecule has 0 aliphatic heterocycles. The van der Waals surface area contributed by atoms with Crippen LogP contribution in [0.3, 0.4) is 0 Å². The Morgan fingerprint density at radius 3 is 2.83 bits per heavy atom. The number of unbranched alkanes of at least 4 members (excludes halogenated alkanes) is 1. The minimum absolute atomic E-state index is 0.0685. The monoisotopic (exact) mass is 314 g/mol. The van der Waals surface area contributed by atoms with Gasteiger partial charge in [0, 0.05) is 31.4 Å². The van der Waals surface area contributed by atoms with E-state index in [2.05, 4.69) is 28.5 Å². The van der Waals surface area contributed by atoms with Crippen molar-refractivity contribution in [1.82, 2.24) is 10.2 Å². The second-order valence-corrected chi connectivity index (χ2v) is 5.22. The molecule has 0 saturated carbocycles. The number of rotatable bonds is 7. The number of carbonyl (C=O) groups is 1. The standard InChI is InChI=1S/C18H26N4O/c1-5-8-12-22(4)18(19-7-3)20-14-17(23)21-16-11-9-10-15(6-2)13-16/h2,9-11,13H,5,7-8,12,14H2,1,3-4H3,(H,19,20)(H,21,23). The van der Waals surface area contributed by atoms with Crippen molar-refractivity contribution in [3.8, 4) is 12.3 Å². The van der Waals surface area contributed by atoms with Crippen LogP contribution >= 0.6 is 0 Å². The van der Waals surface area contributed by atoms with Crippen molar-refractivity contribution in [2.24, 2.45) is 4.99 Å². The Balaban J connectivity index is 2.63. The molecule has 1 aromatic rings. The summed E-state index contributed by atoms with van der Waals surface area (Å²) in [4.78, 5) is 18.5. The van der Waals surface area contributed by atoms with E-state index < -0.39 is 0 Å². The lowest BCUT2D eigenvalue weighted by molar-refractivity contribution is -0.114. The SMILES string of the molecule is C#Cc1cccc(NC(=O)CN=C(NCC)N(C)CCCC)c1. The molecule has 2 N–H and O–H groups in total. The molecule has 0 radical (unpaired) electrons. The number of nitrogens with zero attached hydrogens (tertiary/aromatic N) is 2. The van der Waals surface area contributed by atoms with E-state index in [1.807, 2.05) is 31.0 Å². The Labute approximate surface area is 139 Å². The molecule has 0 saturated heterocycles. The Kier molecular flexibility index (Phi) is 8.30. The first-order chi connectivity index (χ1) is 11.1. The number of aliphatic imine (C=N–C) groups is 1. The normalized spacial score (nSPS) is 10.8. The van der Waals surface area contributed by atoms with Gasteiger partial charge in [-0.1, -0.05) is 25.3 Å². The van der Waals surface area contributed by atoms with Crippen molar-refractivity contribution in [1.29, 1.82) is 0 Å². The van der Waals surface area contributed by atoms with E-state index in [0.29, 0.717) is 5.69 Å². The van der Waals surface area contributed by atoms with Gasteiger partial charge in [-0.15, -0.1) is 6.42 Å². The van der Waals surface area contributed by atoms with Gasteiger partial charge in [0.25, 0.3) is 0 Å². The summed E-state index contributed by atoms with van der Waals surface area (Å²) in [7, 11) is 1.98. The Bertz CT molecular complexity index is 575. The van der Waals surface area contributed by atoms with Gasteiger partial charge < -0.3 is 15.5 Å². The number of benzene rings is 1. The highest BCUT2D eigenvalue weighted by molar-refractivity contribution is 5.94. The van der Waals surface area contributed by atoms with Gasteiger partial charge in [-0.2, -0.15) is 0 Å². The highest BCUT2D eigenvalue weighted by atomic mass is 16.1. The molecule has 0 aliphatic rings. The number of guanidine groups is 1. The van der Waals surface area contributed by atoms with Gasteiger partial charge in [0.05, 0.1) is 0 Å². The molecule has 0 fully saturated rings. The summed E-state index contributed by atoms with van der Waals surface area (Å²) in [5.74, 6) is 3.12. The molecular formula is C18H26N4O. The van der Waals surface area contributed by atoms with Crippen LogP contribution in [0.25, 0.3) is 0 Å². The Morgan fingerprint density at radius 2 is 2.17 bits per heavy atom. The number of hydrogen-bond acceptors (Lipinski definition) is 2. The molecule has 5 nitrogen and oxygen atoms in total. The highest BCUT2D eigenvalue weighted by Crippen LogP contribution is 2.09. The maximum Gasteiger partial charge on any atom is 0.246 e. The second kappa shape index (κ2) is 10.3. The zero-order valence-electron chi connectivity index (χ0n) is 14.2. The average molecular weight is 314 g/mol. The molecule has 0 aromatic heterocycles. The number of anilines is 1. The fourth-order valence-electron chi connectivity index (χ4n) is 2.00. The van der Waals surface area contributed by atoms with Gasteiger partial charge in [-0.25, -0.2) is 4.99 Å². The largest absolute Gasteiger partial charge is 0.357 e. The zero-order valence-corrected chi connectivity index (χ0v) is 14.2. The molecule has 23 heavy (non-hydrogen) atoms. The molecule has 124 valence electrons. The quantitative estimate of drug-likeness (QED) is 0.461. The van der Waals surface area contributed by atoms with E-state index in [0.717, 1.165) is 37.5 Å². The molecule has 0 bridgehead atoms. The predicted octanol–water partition coefficient (Wildman–Crippen LogP) is 2.30. The van der Waals surface area contributed by atoms with Crippen molar-refractivity contribution in [2.45, 2.75) is 26.7 Å². The third-order valence-corrected chi connectivity index (χ3v) is 3.23. The van der Waals surface area contributed by atoms with Crippen LogP contribution in [-0.4, -0.2) is 43.4 Å². The van der Waals surface area contributed by atoms with E-state index in [1.165, 1.54) is 0 Å². The van der Waals surface area contributed by atoms with Crippen LogP contribution in [0.2, 0.25) is 0 Å². The maximum atomic E-state index is 12.0. The summed E-state index contributed by atoms with van der Waals surface area (Å²) < 4.78 is 0. The molecule has 0 aliphatic carbocycles. The fraction of sp³-hybridized carbons (Fsp3) is 0.444. The van der Waals surface area contributed by atoms with Crippen molar-refractivity contribution >= 4 is 17.6 Å². The second-order valence-electron chi connectivity index (χ2n) is 5.22. The minimum Gasteiger partial charge on any atom is -0.357 e. The van der Waals surface area contributed by atoms with E-state index in [4.69, 9.17) is 6.42 Å². The first-order valence-corrected chi connectivity index (χ1v) is 7.96. The van der Waals surface area contributed by atoms with Crippen LogP contribution in [0.1, 0.15) is 32.3 Å². The van der Waals surface area contributed by atoms with Gasteiger partial charge in [0.1, 0.15) is 6.54 Å². The number of nitrogens with one attached hydrogen (secondary N) is 2. The highest BCUT2D eigenvalue weighted by Gasteiger charge is 2.07. The van der Waals surface area contributed by atoms with Crippen LogP contribution in [0.4, 0.5) is 5.69 Å². The summed E-state index contributed by atoms with van der Waals surface area (Å²) in [6.07, 6.45) is 7.57. The summed E-state index contributed by atoms with van der Waals surface area (Å²) in [5, 5.41) is 6.01. The molecule has 0 atom stereocenters. The van der Waals surface area contributed by atoms with Crippen LogP contribution in [-0.2, 0) is 4.79 Å². The molecule has 1 rings (SSSR count). The summed E-state index contributed by atoms with van der Waals surface area (Å²) in [5.41, 5.74) is 1.42. The Morgan fingerprint density at radius 1 is 1.39 bits per heavy atom. The molecule has 5 heteroatoms. The fourth-order valence-corrected chi connectivity index (χ4v) is 2.00. The van der Waals surface area contributed by atoms with Gasteiger partial charge in [-0.05, 0) is 31.5 Å². The number of hydrogen-bond donors (Lipinski definition) is 2. The molecule has 0 spiro atoms. The van der Waals surface area contributed by atoms with E-state index in [-0.39, 0.29) is 12.5 Å². The lowest BCUT2D eigenvalue weighted by atomic mass is 10.2. The molecule has 0 unspecified atom stereocenters. The Hall–Kier alpha value is -2.48. The van der Waals surface area contributed by atoms with Gasteiger partial charge in [-0.3, -0.25) is 4.79 Å². The van der Waals surface area contributed by atoms with E-state index in [9.17, 15) is 4.79 Å². The molecule has 1 amide bonds. The lowest BCUT2D eigenvalue weighted by Crippen LogP contribution is -2.40. The summed E-state index contributed by atoms with van der Waals surface area (Å²) in [6.45, 7) is 5.90. The van der Waals surface area contributed by atoms with Crippen LogP contribution in [0, 0.1) is 12.3 Å². The van der Waals surface area contributed by atoms with Crippen molar-refractivity contribution in [3.63, 3.8) is 0 Å². The number of amides is 1. The topological polar surface area (TPSA) is 56.7 Å². The van der Waals surface area contributed by atoms with E-state index in [1.54, 1.807) is 12.1 Å². The van der Waals surface area contributed by atoms with Gasteiger partial charge in [0.2, 0.25) is 5.91 Å². The summed E-state index contributed by atoms with van der Waals surface area (Å²) >= 11 is 0. The van der Waals surface area contributed by atoms with Gasteiger partial charge in [0.15, 0.2) is 5.96 Å². The average Bonchev–Trinajstić information content (AvgIpc) is 2.56. The molecular weight excluding hydrogens is 288 g/mol. The van der Waals surface area contributed by atoms with Crippen molar-refractivity contribution in [2.75, 3.05) is 32.0 Å². The third kappa shape index (κ3) is 6.88. The lowest BCUT2D eigenvalue weighted by Gasteiger charge is -2.21. The smallest absolute Gasteiger partial charge is 0.246 e. The van der Waals surface area contributed by atoms with Crippen LogP contribution in [0.15, 0.2) is 29.3 Å². The predicted molar refractivity (Wildman–Crippen MR) is 96.5 cm³/mol. The summed E-state index contributed by atoms with van der Waals surface area (Å²) in [6, 6.07) is 7.21. The first-order valence-electron chi connectivity index (χ1n) is 7.96. The molecule has 1 aromatic carbocycles. The first kappa shape index (κ1) is 18.6. The number of terminal acetylenes is 1. The third-order valence-electron chi connectivity index (χ3n) is 3.23. The van der Waals surface area contributed by atoms with Crippen molar-refractivity contribution in [3.05, 3.63) is 29.8 Å². The zero-order chi connectivity index (χ0) is 17.1. The minimum atomic E-state index is -0.168. The maximum absolute atomic E-state index is 12.0. The van der Waals surface area contributed by atoms with Crippen LogP contribution < -0.4 is 10.6 Å². The van der Waals surface area contributed by atoms with E-state index >= 15 is 0 Å². The molecule has 0 heterocycles. The van der Waals surface area contributed by atoms with Crippen molar-refractivity contribution < 1.29 is 4.79 Å². The number of carbonyl (C=O) groups excluding carboxylic acids is 1. The van der Waals surface area contributed by atoms with Gasteiger partial charge >= 0.3 is 0 Å². The van der Waals surface area contributed by atoms with Crippen LogP contribution in [0.5, 0.6) is 0 Å².